The van der Waals surface area contributed by atoms with Gasteiger partial charge in [0.15, 0.2) is 0 Å². The van der Waals surface area contributed by atoms with Gasteiger partial charge in [0.1, 0.15) is 5.82 Å². The molecule has 2 atom stereocenters. The van der Waals surface area contributed by atoms with Crippen molar-refractivity contribution in [2.24, 2.45) is 11.3 Å². The van der Waals surface area contributed by atoms with E-state index in [1.807, 2.05) is 0 Å². The van der Waals surface area contributed by atoms with Gasteiger partial charge in [-0.1, -0.05) is 32.9 Å². The maximum Gasteiger partial charge on any atom is 0.416 e. The Hall–Kier alpha value is -2.83. The van der Waals surface area contributed by atoms with E-state index >= 15 is 0 Å². The molecule has 3 aromatic rings. The predicted octanol–water partition coefficient (Wildman–Crippen LogP) is 6.73. The van der Waals surface area contributed by atoms with E-state index in [2.05, 4.69) is 25.3 Å². The second-order valence-corrected chi connectivity index (χ2v) is 9.85. The van der Waals surface area contributed by atoms with Crippen LogP contribution in [0.25, 0.3) is 11.0 Å². The molecule has 1 aromatic heterocycles. The molecule has 1 heterocycles. The summed E-state index contributed by atoms with van der Waals surface area (Å²) < 4.78 is 41.0. The molecule has 1 unspecified atom stereocenters. The Labute approximate surface area is 185 Å². The average molecular weight is 444 g/mol. The van der Waals surface area contributed by atoms with Crippen molar-refractivity contribution in [1.82, 2.24) is 9.55 Å². The van der Waals surface area contributed by atoms with Crippen LogP contribution in [0, 0.1) is 11.3 Å². The van der Waals surface area contributed by atoms with Gasteiger partial charge in [-0.2, -0.15) is 13.2 Å². The summed E-state index contributed by atoms with van der Waals surface area (Å²) in [6, 6.07) is 10.3. The van der Waals surface area contributed by atoms with Crippen molar-refractivity contribution in [3.05, 3.63) is 65.0 Å². The van der Waals surface area contributed by atoms with E-state index < -0.39 is 17.7 Å². The van der Waals surface area contributed by atoms with Crippen LogP contribution in [0.3, 0.4) is 0 Å². The first-order valence-corrected chi connectivity index (χ1v) is 10.8. The van der Waals surface area contributed by atoms with Gasteiger partial charge in [0, 0.05) is 12.5 Å². The SMILES string of the molecule is CC1C[C@@H](n2c(Cc3ccc(C(F)(F)F)cc3)nc3cc(C(=O)O)ccc32)CC(C)(C)C1. The summed E-state index contributed by atoms with van der Waals surface area (Å²) in [5.74, 6) is 0.258. The molecule has 1 fully saturated rings. The fraction of sp³-hybridized carbons (Fsp3) is 0.440. The highest BCUT2D eigenvalue weighted by Gasteiger charge is 2.35. The summed E-state index contributed by atoms with van der Waals surface area (Å²) in [6.45, 7) is 6.75. The average Bonchev–Trinajstić information content (AvgIpc) is 3.03. The van der Waals surface area contributed by atoms with Gasteiger partial charge in [0.05, 0.1) is 22.2 Å². The number of carbonyl (C=O) groups is 1. The van der Waals surface area contributed by atoms with Gasteiger partial charge in [-0.05, 0) is 66.5 Å². The Bertz CT molecular complexity index is 1150. The third-order valence-corrected chi connectivity index (χ3v) is 6.38. The first-order chi connectivity index (χ1) is 14.9. The first-order valence-electron chi connectivity index (χ1n) is 10.8. The normalized spacial score (nSPS) is 21.1. The van der Waals surface area contributed by atoms with Crippen LogP contribution < -0.4 is 0 Å². The number of hydrogen-bond donors (Lipinski definition) is 1. The lowest BCUT2D eigenvalue weighted by Gasteiger charge is -2.40. The van der Waals surface area contributed by atoms with Crippen LogP contribution >= 0.6 is 0 Å². The number of alkyl halides is 3. The molecule has 32 heavy (non-hydrogen) atoms. The summed E-state index contributed by atoms with van der Waals surface area (Å²) in [5, 5.41) is 9.37. The highest BCUT2D eigenvalue weighted by molar-refractivity contribution is 5.92. The van der Waals surface area contributed by atoms with Crippen molar-refractivity contribution in [3.8, 4) is 0 Å². The van der Waals surface area contributed by atoms with E-state index in [0.717, 1.165) is 48.3 Å². The Morgan fingerprint density at radius 1 is 1.16 bits per heavy atom. The number of nitrogens with zero attached hydrogens (tertiary/aromatic N) is 2. The van der Waals surface area contributed by atoms with Gasteiger partial charge in [-0.3, -0.25) is 0 Å². The van der Waals surface area contributed by atoms with E-state index in [9.17, 15) is 23.1 Å². The smallest absolute Gasteiger partial charge is 0.416 e. The maximum atomic E-state index is 12.9. The molecular weight excluding hydrogens is 417 g/mol. The molecule has 1 saturated carbocycles. The predicted molar refractivity (Wildman–Crippen MR) is 117 cm³/mol. The van der Waals surface area contributed by atoms with E-state index in [1.54, 1.807) is 18.2 Å². The van der Waals surface area contributed by atoms with Crippen molar-refractivity contribution in [2.45, 2.75) is 58.7 Å². The zero-order chi connectivity index (χ0) is 23.3. The number of imidazole rings is 1. The second-order valence-electron chi connectivity index (χ2n) is 9.85. The van der Waals surface area contributed by atoms with E-state index in [0.29, 0.717) is 17.9 Å². The summed E-state index contributed by atoms with van der Waals surface area (Å²) in [7, 11) is 0. The molecule has 1 N–H and O–H groups in total. The summed E-state index contributed by atoms with van der Waals surface area (Å²) in [5.41, 5.74) is 1.85. The topological polar surface area (TPSA) is 55.1 Å². The van der Waals surface area contributed by atoms with Crippen LogP contribution in [0.4, 0.5) is 13.2 Å². The van der Waals surface area contributed by atoms with Gasteiger partial charge in [0.2, 0.25) is 0 Å². The number of carboxylic acids is 1. The van der Waals surface area contributed by atoms with Crippen molar-refractivity contribution < 1.29 is 23.1 Å². The van der Waals surface area contributed by atoms with Crippen LogP contribution in [0.5, 0.6) is 0 Å². The van der Waals surface area contributed by atoms with Crippen molar-refractivity contribution in [1.29, 1.82) is 0 Å². The van der Waals surface area contributed by atoms with E-state index in [-0.39, 0.29) is 17.0 Å². The highest BCUT2D eigenvalue weighted by Crippen LogP contribution is 2.45. The molecule has 0 aliphatic heterocycles. The molecule has 1 aliphatic carbocycles. The van der Waals surface area contributed by atoms with Crippen LogP contribution in [0.1, 0.15) is 73.4 Å². The zero-order valence-electron chi connectivity index (χ0n) is 18.4. The third kappa shape index (κ3) is 4.52. The minimum absolute atomic E-state index is 0.158. The standard InChI is InChI=1S/C25H27F3N2O2/c1-15-10-19(14-24(2,3)13-15)30-21-9-6-17(23(31)32)12-20(21)29-22(30)11-16-4-7-18(8-5-16)25(26,27)28/h4-9,12,15,19H,10-11,13-14H2,1-3H3,(H,31,32)/t15?,19-/m1/s1. The van der Waals surface area contributed by atoms with Crippen LogP contribution in [0.15, 0.2) is 42.5 Å². The lowest BCUT2D eigenvalue weighted by atomic mass is 9.70. The minimum Gasteiger partial charge on any atom is -0.478 e. The summed E-state index contributed by atoms with van der Waals surface area (Å²) in [6.07, 6.45) is -0.921. The fourth-order valence-electron chi connectivity index (χ4n) is 5.30. The lowest BCUT2D eigenvalue weighted by molar-refractivity contribution is -0.137. The monoisotopic (exact) mass is 444 g/mol. The quantitative estimate of drug-likeness (QED) is 0.485. The number of aromatic carboxylic acids is 1. The third-order valence-electron chi connectivity index (χ3n) is 6.38. The van der Waals surface area contributed by atoms with Crippen LogP contribution in [-0.2, 0) is 12.6 Å². The molecular formula is C25H27F3N2O2. The number of fused-ring (bicyclic) bond motifs is 1. The molecule has 4 nitrogen and oxygen atoms in total. The Morgan fingerprint density at radius 3 is 2.44 bits per heavy atom. The summed E-state index contributed by atoms with van der Waals surface area (Å²) >= 11 is 0. The second kappa shape index (κ2) is 7.94. The number of halogens is 3. The molecule has 0 spiro atoms. The minimum atomic E-state index is -4.37. The number of benzene rings is 2. The number of hydrogen-bond acceptors (Lipinski definition) is 2. The van der Waals surface area contributed by atoms with Crippen molar-refractivity contribution in [3.63, 3.8) is 0 Å². The molecule has 0 bridgehead atoms. The van der Waals surface area contributed by atoms with Crippen molar-refractivity contribution >= 4 is 17.0 Å². The molecule has 0 saturated heterocycles. The number of aromatic nitrogens is 2. The molecule has 2 aromatic carbocycles. The molecule has 170 valence electrons. The molecule has 0 amide bonds. The zero-order valence-corrected chi connectivity index (χ0v) is 18.4. The van der Waals surface area contributed by atoms with E-state index in [4.69, 9.17) is 4.98 Å². The largest absolute Gasteiger partial charge is 0.478 e. The Morgan fingerprint density at radius 2 is 1.84 bits per heavy atom. The van der Waals surface area contributed by atoms with Gasteiger partial charge < -0.3 is 9.67 Å². The molecule has 7 heteroatoms. The lowest BCUT2D eigenvalue weighted by Crippen LogP contribution is -2.30. The molecule has 1 aliphatic rings. The Kier molecular flexibility index (Phi) is 5.55. The Balaban J connectivity index is 1.78. The van der Waals surface area contributed by atoms with E-state index in [1.165, 1.54) is 12.1 Å². The van der Waals surface area contributed by atoms with Crippen LogP contribution in [0.2, 0.25) is 0 Å². The van der Waals surface area contributed by atoms with Crippen molar-refractivity contribution in [2.75, 3.05) is 0 Å². The molecule has 4 rings (SSSR count). The fourth-order valence-corrected chi connectivity index (χ4v) is 5.30. The summed E-state index contributed by atoms with van der Waals surface area (Å²) in [4.78, 5) is 16.2. The maximum absolute atomic E-state index is 12.9. The van der Waals surface area contributed by atoms with Gasteiger partial charge >= 0.3 is 12.1 Å². The van der Waals surface area contributed by atoms with Crippen LogP contribution in [-0.4, -0.2) is 20.6 Å². The number of carboxylic acid groups (broad SMARTS) is 1. The first kappa shape index (κ1) is 22.4. The highest BCUT2D eigenvalue weighted by atomic mass is 19.4. The van der Waals surface area contributed by atoms with Gasteiger partial charge in [-0.25, -0.2) is 9.78 Å². The van der Waals surface area contributed by atoms with Gasteiger partial charge in [0.25, 0.3) is 0 Å². The molecule has 0 radical (unpaired) electrons. The van der Waals surface area contributed by atoms with Gasteiger partial charge in [-0.15, -0.1) is 0 Å². The number of rotatable bonds is 4.